The molecule has 0 fully saturated rings. The van der Waals surface area contributed by atoms with Gasteiger partial charge in [0.15, 0.2) is 0 Å². The van der Waals surface area contributed by atoms with Crippen LogP contribution in [0.5, 0.6) is 5.75 Å². The lowest BCUT2D eigenvalue weighted by Gasteiger charge is -2.22. The van der Waals surface area contributed by atoms with Crippen LogP contribution in [0, 0.1) is 0 Å². The van der Waals surface area contributed by atoms with Gasteiger partial charge in [0.1, 0.15) is 16.4 Å². The van der Waals surface area contributed by atoms with Crippen molar-refractivity contribution < 1.29 is 35.0 Å². The number of rotatable bonds is 12. The third-order valence-electron chi connectivity index (χ3n) is 5.45. The number of carbonyl (C=O) groups excluding carboxylic acids is 1. The number of halogens is 3. The molecule has 0 aliphatic heterocycles. The van der Waals surface area contributed by atoms with Gasteiger partial charge in [-0.15, -0.1) is 0 Å². The Balaban J connectivity index is 1.76. The van der Waals surface area contributed by atoms with E-state index in [1.54, 1.807) is 29.2 Å². The van der Waals surface area contributed by atoms with Crippen molar-refractivity contribution >= 4 is 16.0 Å². The summed E-state index contributed by atoms with van der Waals surface area (Å²) in [5.41, 5.74) is -0.493. The van der Waals surface area contributed by atoms with E-state index in [0.717, 1.165) is 43.9 Å². The summed E-state index contributed by atoms with van der Waals surface area (Å²) >= 11 is 0. The van der Waals surface area contributed by atoms with Crippen LogP contribution in [-0.4, -0.2) is 19.2 Å². The zero-order valence-electron chi connectivity index (χ0n) is 19.8. The van der Waals surface area contributed by atoms with Gasteiger partial charge in [0.25, 0.3) is 0 Å². The van der Waals surface area contributed by atoms with E-state index in [2.05, 4.69) is 6.92 Å². The molecule has 1 amide bonds. The molecule has 0 aliphatic carbocycles. The molecule has 194 valence electrons. The molecule has 0 aliphatic rings. The predicted octanol–water partition coefficient (Wildman–Crippen LogP) is 6.57. The minimum Gasteiger partial charge on any atom is -0.467 e. The Hall–Kier alpha value is -3.27. The number of amides is 1. The third kappa shape index (κ3) is 7.87. The number of unbranched alkanes of at least 4 members (excludes halogenated alkanes) is 3. The number of hydrogen-bond acceptors (Lipinski definition) is 5. The van der Waals surface area contributed by atoms with E-state index >= 15 is 0 Å². The number of furan rings is 1. The van der Waals surface area contributed by atoms with Gasteiger partial charge in [-0.05, 0) is 54.4 Å². The molecular weight excluding hydrogens is 495 g/mol. The lowest BCUT2D eigenvalue weighted by Crippen LogP contribution is -2.29. The van der Waals surface area contributed by atoms with Crippen LogP contribution in [0.1, 0.15) is 55.9 Å². The fourth-order valence-corrected chi connectivity index (χ4v) is 4.57. The second-order valence-corrected chi connectivity index (χ2v) is 9.90. The Labute approximate surface area is 208 Å². The van der Waals surface area contributed by atoms with E-state index in [1.807, 2.05) is 0 Å². The van der Waals surface area contributed by atoms with Crippen LogP contribution in [0.25, 0.3) is 0 Å². The maximum absolute atomic E-state index is 13.0. The quantitative estimate of drug-likeness (QED) is 0.198. The Morgan fingerprint density at radius 1 is 0.972 bits per heavy atom. The van der Waals surface area contributed by atoms with E-state index in [9.17, 15) is 26.4 Å². The van der Waals surface area contributed by atoms with Gasteiger partial charge in [-0.1, -0.05) is 44.4 Å². The molecule has 0 bridgehead atoms. The summed E-state index contributed by atoms with van der Waals surface area (Å²) in [5.74, 6) is 0.472. The lowest BCUT2D eigenvalue weighted by molar-refractivity contribution is -0.137. The Morgan fingerprint density at radius 2 is 1.75 bits per heavy atom. The smallest absolute Gasteiger partial charge is 0.416 e. The number of benzene rings is 2. The standard InChI is InChI=1S/C26H28F3NO5S/c1-2-3-4-5-14-25(31)30(19-23-12-8-15-34-23)18-20-9-6-11-22(16-20)35-36(32,33)24-13-7-10-21(17-24)26(27,28)29/h6-13,15-17H,2-5,14,18-19H2,1H3. The first-order chi connectivity index (χ1) is 17.1. The van der Waals surface area contributed by atoms with Crippen molar-refractivity contribution in [1.82, 2.24) is 4.90 Å². The van der Waals surface area contributed by atoms with E-state index in [0.29, 0.717) is 23.8 Å². The topological polar surface area (TPSA) is 76.8 Å². The molecule has 10 heteroatoms. The highest BCUT2D eigenvalue weighted by Crippen LogP contribution is 2.31. The molecule has 3 rings (SSSR count). The number of nitrogens with zero attached hydrogens (tertiary/aromatic N) is 1. The van der Waals surface area contributed by atoms with Gasteiger partial charge in [0.05, 0.1) is 18.4 Å². The molecule has 0 N–H and O–H groups in total. The van der Waals surface area contributed by atoms with Gasteiger partial charge in [-0.25, -0.2) is 0 Å². The van der Waals surface area contributed by atoms with Gasteiger partial charge in [0.2, 0.25) is 5.91 Å². The highest BCUT2D eigenvalue weighted by Gasteiger charge is 2.32. The van der Waals surface area contributed by atoms with E-state index < -0.39 is 26.8 Å². The summed E-state index contributed by atoms with van der Waals surface area (Å²) < 4.78 is 74.8. The molecule has 3 aromatic rings. The first-order valence-corrected chi connectivity index (χ1v) is 13.0. The van der Waals surface area contributed by atoms with Crippen molar-refractivity contribution in [3.05, 3.63) is 83.8 Å². The van der Waals surface area contributed by atoms with E-state index in [1.165, 1.54) is 18.4 Å². The van der Waals surface area contributed by atoms with Gasteiger partial charge < -0.3 is 13.5 Å². The zero-order chi connectivity index (χ0) is 26.2. The van der Waals surface area contributed by atoms with Crippen LogP contribution < -0.4 is 4.18 Å². The largest absolute Gasteiger partial charge is 0.467 e. The van der Waals surface area contributed by atoms with Gasteiger partial charge in [0, 0.05) is 13.0 Å². The van der Waals surface area contributed by atoms with Crippen molar-refractivity contribution in [3.8, 4) is 5.75 Å². The Morgan fingerprint density at radius 3 is 2.44 bits per heavy atom. The lowest BCUT2D eigenvalue weighted by atomic mass is 10.1. The van der Waals surface area contributed by atoms with Crippen molar-refractivity contribution in [2.75, 3.05) is 0 Å². The monoisotopic (exact) mass is 523 g/mol. The summed E-state index contributed by atoms with van der Waals surface area (Å²) in [6.07, 6.45) is 1.03. The van der Waals surface area contributed by atoms with Crippen LogP contribution in [0.4, 0.5) is 13.2 Å². The molecule has 1 heterocycles. The molecule has 0 saturated carbocycles. The summed E-state index contributed by atoms with van der Waals surface area (Å²) in [6, 6.07) is 13.0. The van der Waals surface area contributed by atoms with Gasteiger partial charge in [-0.3, -0.25) is 4.79 Å². The molecule has 0 atom stereocenters. The van der Waals surface area contributed by atoms with E-state index in [-0.39, 0.29) is 24.7 Å². The van der Waals surface area contributed by atoms with Gasteiger partial charge in [-0.2, -0.15) is 21.6 Å². The first-order valence-electron chi connectivity index (χ1n) is 11.6. The van der Waals surface area contributed by atoms with Crippen LogP contribution in [0.15, 0.2) is 76.2 Å². The molecule has 6 nitrogen and oxygen atoms in total. The minimum absolute atomic E-state index is 0.0644. The molecule has 36 heavy (non-hydrogen) atoms. The SMILES string of the molecule is CCCCCCC(=O)N(Cc1cccc(OS(=O)(=O)c2cccc(C(F)(F)F)c2)c1)Cc1ccco1. The second-order valence-electron chi connectivity index (χ2n) is 8.35. The van der Waals surface area contributed by atoms with E-state index in [4.69, 9.17) is 8.60 Å². The summed E-state index contributed by atoms with van der Waals surface area (Å²) in [5, 5.41) is 0. The normalized spacial score (nSPS) is 11.9. The molecule has 0 radical (unpaired) electrons. The average Bonchev–Trinajstić information content (AvgIpc) is 3.34. The Kier molecular flexibility index (Phi) is 9.19. The van der Waals surface area contributed by atoms with Crippen LogP contribution >= 0.6 is 0 Å². The molecular formula is C26H28F3NO5S. The zero-order valence-corrected chi connectivity index (χ0v) is 20.6. The fourth-order valence-electron chi connectivity index (χ4n) is 3.60. The van der Waals surface area contributed by atoms with Crippen molar-refractivity contribution in [3.63, 3.8) is 0 Å². The highest BCUT2D eigenvalue weighted by molar-refractivity contribution is 7.87. The fraction of sp³-hybridized carbons (Fsp3) is 0.346. The maximum atomic E-state index is 13.0. The highest BCUT2D eigenvalue weighted by atomic mass is 32.2. The van der Waals surface area contributed by atoms with Crippen LogP contribution in [-0.2, 0) is 34.2 Å². The minimum atomic E-state index is -4.69. The summed E-state index contributed by atoms with van der Waals surface area (Å²) in [7, 11) is -4.51. The van der Waals surface area contributed by atoms with Crippen molar-refractivity contribution in [2.45, 2.75) is 63.2 Å². The third-order valence-corrected chi connectivity index (χ3v) is 6.69. The number of carbonyl (C=O) groups is 1. The van der Waals surface area contributed by atoms with Gasteiger partial charge >= 0.3 is 16.3 Å². The molecule has 0 spiro atoms. The predicted molar refractivity (Wildman–Crippen MR) is 127 cm³/mol. The second kappa shape index (κ2) is 12.1. The number of alkyl halides is 3. The van der Waals surface area contributed by atoms with Crippen molar-refractivity contribution in [1.29, 1.82) is 0 Å². The van der Waals surface area contributed by atoms with Crippen molar-refractivity contribution in [2.24, 2.45) is 0 Å². The summed E-state index contributed by atoms with van der Waals surface area (Å²) in [6.45, 7) is 2.51. The Bertz CT molecular complexity index is 1240. The summed E-state index contributed by atoms with van der Waals surface area (Å²) in [4.78, 5) is 13.9. The molecule has 1 aromatic heterocycles. The van der Waals surface area contributed by atoms with Crippen LogP contribution in [0.3, 0.4) is 0 Å². The van der Waals surface area contributed by atoms with Crippen LogP contribution in [0.2, 0.25) is 0 Å². The maximum Gasteiger partial charge on any atom is 0.416 e. The average molecular weight is 524 g/mol. The number of hydrogen-bond donors (Lipinski definition) is 0. The first kappa shape index (κ1) is 27.3. The molecule has 0 saturated heterocycles. The molecule has 0 unspecified atom stereocenters. The molecule has 2 aromatic carbocycles.